The van der Waals surface area contributed by atoms with Crippen molar-refractivity contribution in [2.75, 3.05) is 18.4 Å². The fourth-order valence-electron chi connectivity index (χ4n) is 3.86. The number of nitrogens with one attached hydrogen (secondary N) is 1. The molecular formula is C23H23N3O2. The molecule has 0 saturated carbocycles. The van der Waals surface area contributed by atoms with Crippen LogP contribution in [0.2, 0.25) is 0 Å². The lowest BCUT2D eigenvalue weighted by molar-refractivity contribution is 0.101. The van der Waals surface area contributed by atoms with E-state index < -0.39 is 0 Å². The Balaban J connectivity index is 1.83. The van der Waals surface area contributed by atoms with Crippen molar-refractivity contribution in [3.8, 4) is 0 Å². The van der Waals surface area contributed by atoms with Gasteiger partial charge in [-0.15, -0.1) is 0 Å². The molecule has 5 heteroatoms. The lowest BCUT2D eigenvalue weighted by Crippen LogP contribution is -2.33. The predicted molar refractivity (Wildman–Crippen MR) is 111 cm³/mol. The fraction of sp³-hybridized carbons (Fsp3) is 0.261. The number of hydrogen-bond donors (Lipinski definition) is 1. The maximum Gasteiger partial charge on any atom is 0.256 e. The Bertz CT molecular complexity index is 1070. The zero-order valence-electron chi connectivity index (χ0n) is 16.2. The molecule has 3 aromatic rings. The highest BCUT2D eigenvalue weighted by atomic mass is 16.2. The maximum atomic E-state index is 13.4. The molecule has 1 amide bonds. The molecule has 0 atom stereocenters. The number of rotatable bonds is 4. The van der Waals surface area contributed by atoms with E-state index in [1.54, 1.807) is 18.2 Å². The van der Waals surface area contributed by atoms with Gasteiger partial charge in [0, 0.05) is 41.7 Å². The van der Waals surface area contributed by atoms with Gasteiger partial charge in [0.05, 0.1) is 16.8 Å². The minimum absolute atomic E-state index is 0.0744. The van der Waals surface area contributed by atoms with Crippen molar-refractivity contribution in [2.24, 2.45) is 0 Å². The van der Waals surface area contributed by atoms with Gasteiger partial charge in [0.1, 0.15) is 0 Å². The fourth-order valence-corrected chi connectivity index (χ4v) is 3.86. The van der Waals surface area contributed by atoms with Gasteiger partial charge in [-0.2, -0.15) is 0 Å². The number of amides is 1. The molecule has 142 valence electrons. The summed E-state index contributed by atoms with van der Waals surface area (Å²) in [4.78, 5) is 32.5. The monoisotopic (exact) mass is 373 g/mol. The van der Waals surface area contributed by atoms with Crippen LogP contribution < -0.4 is 5.32 Å². The van der Waals surface area contributed by atoms with Gasteiger partial charge in [-0.05, 0) is 31.7 Å². The summed E-state index contributed by atoms with van der Waals surface area (Å²) in [5.41, 5.74) is 4.53. The molecule has 0 spiro atoms. The van der Waals surface area contributed by atoms with Crippen molar-refractivity contribution in [1.82, 2.24) is 9.88 Å². The molecular weight excluding hydrogens is 350 g/mol. The van der Waals surface area contributed by atoms with Crippen LogP contribution in [-0.2, 0) is 13.0 Å². The first-order chi connectivity index (χ1) is 13.6. The van der Waals surface area contributed by atoms with Crippen LogP contribution in [0.3, 0.4) is 0 Å². The van der Waals surface area contributed by atoms with Crippen LogP contribution >= 0.6 is 0 Å². The zero-order valence-corrected chi connectivity index (χ0v) is 16.2. The standard InChI is InChI=1S/C23H23N3O2/c1-3-26-13-12-21-18(14-26)22(17-9-5-7-11-20(17)24-21)23(28)25-19-10-6-4-8-16(19)15(2)27/h4-11H,3,12-14H2,1-2H3,(H,25,28). The Labute approximate surface area is 164 Å². The predicted octanol–water partition coefficient (Wildman–Crippen LogP) is 4.07. The van der Waals surface area contributed by atoms with E-state index in [1.165, 1.54) is 6.92 Å². The van der Waals surface area contributed by atoms with Gasteiger partial charge in [0.2, 0.25) is 0 Å². The third kappa shape index (κ3) is 3.29. The molecule has 1 N–H and O–H groups in total. The van der Waals surface area contributed by atoms with E-state index in [9.17, 15) is 9.59 Å². The number of pyridine rings is 1. The van der Waals surface area contributed by atoms with E-state index in [1.807, 2.05) is 30.3 Å². The van der Waals surface area contributed by atoms with Crippen LogP contribution in [0.1, 0.15) is 45.8 Å². The summed E-state index contributed by atoms with van der Waals surface area (Å²) in [7, 11) is 0. The minimum atomic E-state index is -0.193. The number of benzene rings is 2. The van der Waals surface area contributed by atoms with Gasteiger partial charge in [0.25, 0.3) is 5.91 Å². The third-order valence-corrected chi connectivity index (χ3v) is 5.35. The smallest absolute Gasteiger partial charge is 0.256 e. The SMILES string of the molecule is CCN1CCc2nc3ccccc3c(C(=O)Nc3ccccc3C(C)=O)c2C1. The molecule has 0 unspecified atom stereocenters. The van der Waals surface area contributed by atoms with Crippen molar-refractivity contribution in [3.05, 3.63) is 70.9 Å². The summed E-state index contributed by atoms with van der Waals surface area (Å²) < 4.78 is 0. The summed E-state index contributed by atoms with van der Waals surface area (Å²) in [6.07, 6.45) is 0.832. The highest BCUT2D eigenvalue weighted by Gasteiger charge is 2.25. The zero-order chi connectivity index (χ0) is 19.7. The largest absolute Gasteiger partial charge is 0.321 e. The van der Waals surface area contributed by atoms with E-state index >= 15 is 0 Å². The van der Waals surface area contributed by atoms with Crippen LogP contribution in [0.5, 0.6) is 0 Å². The molecule has 1 aromatic heterocycles. The summed E-state index contributed by atoms with van der Waals surface area (Å²) in [5.74, 6) is -0.267. The first-order valence-corrected chi connectivity index (χ1v) is 9.62. The van der Waals surface area contributed by atoms with Crippen molar-refractivity contribution in [2.45, 2.75) is 26.8 Å². The van der Waals surface area contributed by atoms with E-state index in [2.05, 4.69) is 17.1 Å². The van der Waals surface area contributed by atoms with Gasteiger partial charge in [-0.1, -0.05) is 37.3 Å². The second-order valence-electron chi connectivity index (χ2n) is 7.10. The van der Waals surface area contributed by atoms with Gasteiger partial charge in [-0.25, -0.2) is 0 Å². The topological polar surface area (TPSA) is 62.3 Å². The van der Waals surface area contributed by atoms with Crippen LogP contribution in [0.4, 0.5) is 5.69 Å². The highest BCUT2D eigenvalue weighted by molar-refractivity contribution is 6.15. The van der Waals surface area contributed by atoms with Gasteiger partial charge < -0.3 is 5.32 Å². The highest BCUT2D eigenvalue weighted by Crippen LogP contribution is 2.29. The molecule has 0 saturated heterocycles. The Morgan fingerprint density at radius 2 is 1.86 bits per heavy atom. The first-order valence-electron chi connectivity index (χ1n) is 9.62. The van der Waals surface area contributed by atoms with E-state index in [0.29, 0.717) is 23.4 Å². The second-order valence-corrected chi connectivity index (χ2v) is 7.10. The molecule has 2 heterocycles. The number of carbonyl (C=O) groups is 2. The summed E-state index contributed by atoms with van der Waals surface area (Å²) in [6, 6.07) is 14.9. The summed E-state index contributed by atoms with van der Waals surface area (Å²) >= 11 is 0. The van der Waals surface area contributed by atoms with Crippen LogP contribution in [0, 0.1) is 0 Å². The molecule has 5 nitrogen and oxygen atoms in total. The van der Waals surface area contributed by atoms with E-state index in [-0.39, 0.29) is 11.7 Å². The molecule has 0 aliphatic carbocycles. The number of likely N-dealkylation sites (N-methyl/N-ethyl adjacent to an activating group) is 1. The average Bonchev–Trinajstić information content (AvgIpc) is 2.71. The molecule has 1 aliphatic rings. The van der Waals surface area contributed by atoms with E-state index in [0.717, 1.165) is 41.7 Å². The van der Waals surface area contributed by atoms with Crippen LogP contribution in [0.25, 0.3) is 10.9 Å². The first kappa shape index (κ1) is 18.3. The number of nitrogens with zero attached hydrogens (tertiary/aromatic N) is 2. The lowest BCUT2D eigenvalue weighted by Gasteiger charge is -2.29. The second kappa shape index (κ2) is 7.52. The molecule has 0 radical (unpaired) electrons. The molecule has 28 heavy (non-hydrogen) atoms. The Morgan fingerprint density at radius 1 is 1.11 bits per heavy atom. The number of anilines is 1. The van der Waals surface area contributed by atoms with Gasteiger partial charge in [0.15, 0.2) is 5.78 Å². The lowest BCUT2D eigenvalue weighted by atomic mass is 9.95. The number of para-hydroxylation sites is 2. The number of hydrogen-bond acceptors (Lipinski definition) is 4. The molecule has 0 bridgehead atoms. The Morgan fingerprint density at radius 3 is 2.64 bits per heavy atom. The van der Waals surface area contributed by atoms with Crippen molar-refractivity contribution in [3.63, 3.8) is 0 Å². The normalized spacial score (nSPS) is 13.9. The summed E-state index contributed by atoms with van der Waals surface area (Å²) in [6.45, 7) is 6.22. The quantitative estimate of drug-likeness (QED) is 0.701. The van der Waals surface area contributed by atoms with Gasteiger partial charge in [-0.3, -0.25) is 19.5 Å². The molecule has 1 aliphatic heterocycles. The number of fused-ring (bicyclic) bond motifs is 2. The molecule has 2 aromatic carbocycles. The summed E-state index contributed by atoms with van der Waals surface area (Å²) in [5, 5.41) is 3.82. The Hall–Kier alpha value is -3.05. The third-order valence-electron chi connectivity index (χ3n) is 5.35. The molecule has 4 rings (SSSR count). The number of carbonyl (C=O) groups excluding carboxylic acids is 2. The average molecular weight is 373 g/mol. The van der Waals surface area contributed by atoms with Crippen molar-refractivity contribution < 1.29 is 9.59 Å². The Kier molecular flexibility index (Phi) is 4.92. The number of aromatic nitrogens is 1. The van der Waals surface area contributed by atoms with Crippen molar-refractivity contribution >= 4 is 28.3 Å². The minimum Gasteiger partial charge on any atom is -0.321 e. The van der Waals surface area contributed by atoms with Crippen LogP contribution in [-0.4, -0.2) is 34.7 Å². The van der Waals surface area contributed by atoms with Gasteiger partial charge >= 0.3 is 0 Å². The number of ketones is 1. The van der Waals surface area contributed by atoms with Crippen molar-refractivity contribution in [1.29, 1.82) is 0 Å². The van der Waals surface area contributed by atoms with E-state index in [4.69, 9.17) is 4.98 Å². The maximum absolute atomic E-state index is 13.4. The molecule has 0 fully saturated rings. The van der Waals surface area contributed by atoms with Crippen LogP contribution in [0.15, 0.2) is 48.5 Å². The number of Topliss-reactive ketones (excluding diaryl/α,β-unsaturated/α-hetero) is 1.